The van der Waals surface area contributed by atoms with Crippen molar-refractivity contribution < 1.29 is 12.8 Å². The van der Waals surface area contributed by atoms with Crippen LogP contribution in [-0.4, -0.2) is 13.4 Å². The van der Waals surface area contributed by atoms with E-state index in [-0.39, 0.29) is 20.2 Å². The molecule has 0 aliphatic carbocycles. The third-order valence-corrected chi connectivity index (χ3v) is 5.13. The molecule has 0 bridgehead atoms. The first-order valence-electron chi connectivity index (χ1n) is 5.09. The molecule has 4 nitrogen and oxygen atoms in total. The van der Waals surface area contributed by atoms with Crippen molar-refractivity contribution in [1.29, 1.82) is 0 Å². The molecule has 0 saturated heterocycles. The number of anilines is 1. The fraction of sp³-hybridized carbons (Fsp3) is 0. The van der Waals surface area contributed by atoms with Gasteiger partial charge in [0.05, 0.1) is 5.69 Å². The van der Waals surface area contributed by atoms with E-state index < -0.39 is 15.8 Å². The van der Waals surface area contributed by atoms with Gasteiger partial charge in [-0.25, -0.2) is 17.8 Å². The van der Waals surface area contributed by atoms with E-state index in [1.165, 1.54) is 24.4 Å². The standard InChI is InChI=1S/C11H6Br2ClFN2O2S/c12-6-4-9(11(14)16-5-6)20(18,19)17-10-7(13)2-1-3-8(10)15/h1-5,17H. The molecular formula is C11H6Br2ClFN2O2S. The van der Waals surface area contributed by atoms with Crippen LogP contribution in [0.3, 0.4) is 0 Å². The molecule has 0 unspecified atom stereocenters. The zero-order chi connectivity index (χ0) is 14.9. The van der Waals surface area contributed by atoms with Crippen LogP contribution in [0.2, 0.25) is 5.15 Å². The van der Waals surface area contributed by atoms with Crippen molar-refractivity contribution in [2.24, 2.45) is 0 Å². The highest BCUT2D eigenvalue weighted by molar-refractivity contribution is 9.10. The van der Waals surface area contributed by atoms with Crippen molar-refractivity contribution in [3.63, 3.8) is 0 Å². The van der Waals surface area contributed by atoms with Gasteiger partial charge in [0.25, 0.3) is 10.0 Å². The molecule has 0 aliphatic rings. The molecule has 0 amide bonds. The Morgan fingerprint density at radius 2 is 2.00 bits per heavy atom. The SMILES string of the molecule is O=S(=O)(Nc1c(F)cccc1Br)c1cc(Br)cnc1Cl. The summed E-state index contributed by atoms with van der Waals surface area (Å²) in [5.74, 6) is -0.706. The van der Waals surface area contributed by atoms with Crippen molar-refractivity contribution in [3.05, 3.63) is 50.4 Å². The van der Waals surface area contributed by atoms with Crippen LogP contribution in [0, 0.1) is 5.82 Å². The zero-order valence-corrected chi connectivity index (χ0v) is 14.3. The van der Waals surface area contributed by atoms with Crippen molar-refractivity contribution in [2.75, 3.05) is 4.72 Å². The Labute approximate surface area is 136 Å². The van der Waals surface area contributed by atoms with Crippen LogP contribution >= 0.6 is 43.5 Å². The van der Waals surface area contributed by atoms with Gasteiger partial charge in [-0.15, -0.1) is 0 Å². The Bertz CT molecular complexity index is 751. The first kappa shape index (κ1) is 15.7. The lowest BCUT2D eigenvalue weighted by Crippen LogP contribution is -2.15. The predicted octanol–water partition coefficient (Wildman–Crippen LogP) is 4.20. The van der Waals surface area contributed by atoms with Crippen LogP contribution in [0.4, 0.5) is 10.1 Å². The van der Waals surface area contributed by atoms with Crippen LogP contribution in [0.15, 0.2) is 44.3 Å². The molecule has 2 aromatic rings. The Balaban J connectivity index is 2.49. The molecule has 1 aromatic carbocycles. The molecular weight excluding hydrogens is 438 g/mol. The van der Waals surface area contributed by atoms with Crippen molar-refractivity contribution >= 4 is 59.2 Å². The van der Waals surface area contributed by atoms with Gasteiger partial charge < -0.3 is 0 Å². The number of aromatic nitrogens is 1. The molecule has 1 heterocycles. The van der Waals surface area contributed by atoms with Crippen molar-refractivity contribution in [1.82, 2.24) is 4.98 Å². The summed E-state index contributed by atoms with van der Waals surface area (Å²) in [5.41, 5.74) is -0.191. The molecule has 9 heteroatoms. The molecule has 1 N–H and O–H groups in total. The van der Waals surface area contributed by atoms with Crippen LogP contribution in [0.1, 0.15) is 0 Å². The van der Waals surface area contributed by atoms with Gasteiger partial charge in [0.15, 0.2) is 0 Å². The number of halogens is 4. The number of pyridine rings is 1. The van der Waals surface area contributed by atoms with E-state index in [4.69, 9.17) is 11.6 Å². The first-order chi connectivity index (χ1) is 9.31. The number of para-hydroxylation sites is 1. The lowest BCUT2D eigenvalue weighted by Gasteiger charge is -2.11. The molecule has 0 atom stereocenters. The number of nitrogens with one attached hydrogen (secondary N) is 1. The van der Waals surface area contributed by atoms with E-state index in [1.807, 2.05) is 0 Å². The van der Waals surface area contributed by atoms with Crippen molar-refractivity contribution in [3.8, 4) is 0 Å². The topological polar surface area (TPSA) is 59.1 Å². The van der Waals surface area contributed by atoms with Crippen LogP contribution in [-0.2, 0) is 10.0 Å². The van der Waals surface area contributed by atoms with Crippen LogP contribution in [0.5, 0.6) is 0 Å². The first-order valence-corrected chi connectivity index (χ1v) is 8.54. The van der Waals surface area contributed by atoms with Gasteiger partial charge in [-0.05, 0) is 50.1 Å². The van der Waals surface area contributed by atoms with Gasteiger partial charge >= 0.3 is 0 Å². The predicted molar refractivity (Wildman–Crippen MR) is 81.9 cm³/mol. The summed E-state index contributed by atoms with van der Waals surface area (Å²) in [4.78, 5) is 3.48. The van der Waals surface area contributed by atoms with Gasteiger partial charge in [-0.3, -0.25) is 4.72 Å². The molecule has 106 valence electrons. The molecule has 20 heavy (non-hydrogen) atoms. The van der Waals surface area contributed by atoms with Crippen molar-refractivity contribution in [2.45, 2.75) is 4.90 Å². The van der Waals surface area contributed by atoms with Gasteiger partial charge in [0.2, 0.25) is 0 Å². The summed E-state index contributed by atoms with van der Waals surface area (Å²) in [7, 11) is -4.06. The van der Waals surface area contributed by atoms with E-state index in [2.05, 4.69) is 41.6 Å². The van der Waals surface area contributed by atoms with Crippen LogP contribution < -0.4 is 4.72 Å². The summed E-state index contributed by atoms with van der Waals surface area (Å²) in [5, 5.41) is -0.201. The van der Waals surface area contributed by atoms with E-state index in [0.29, 0.717) is 4.47 Å². The van der Waals surface area contributed by atoms with E-state index in [9.17, 15) is 12.8 Å². The van der Waals surface area contributed by atoms with Gasteiger partial charge in [0.1, 0.15) is 15.9 Å². The Morgan fingerprint density at radius 1 is 1.30 bits per heavy atom. The van der Waals surface area contributed by atoms with E-state index >= 15 is 0 Å². The highest BCUT2D eigenvalue weighted by Gasteiger charge is 2.22. The average molecular weight is 445 g/mol. The maximum atomic E-state index is 13.7. The zero-order valence-electron chi connectivity index (χ0n) is 9.57. The van der Waals surface area contributed by atoms with E-state index in [1.54, 1.807) is 0 Å². The molecule has 1 aromatic heterocycles. The second kappa shape index (κ2) is 5.97. The molecule has 0 fully saturated rings. The molecule has 0 spiro atoms. The highest BCUT2D eigenvalue weighted by atomic mass is 79.9. The molecule has 0 radical (unpaired) electrons. The van der Waals surface area contributed by atoms with Gasteiger partial charge in [-0.2, -0.15) is 0 Å². The average Bonchev–Trinajstić information content (AvgIpc) is 2.37. The maximum Gasteiger partial charge on any atom is 0.265 e. The monoisotopic (exact) mass is 442 g/mol. The highest BCUT2D eigenvalue weighted by Crippen LogP contribution is 2.30. The number of hydrogen-bond acceptors (Lipinski definition) is 3. The summed E-state index contributed by atoms with van der Waals surface area (Å²) in [6.07, 6.45) is 1.36. The van der Waals surface area contributed by atoms with Crippen LogP contribution in [0.25, 0.3) is 0 Å². The smallest absolute Gasteiger partial charge is 0.265 e. The number of nitrogens with zero attached hydrogens (tertiary/aromatic N) is 1. The lowest BCUT2D eigenvalue weighted by atomic mass is 10.3. The molecule has 2 rings (SSSR count). The number of sulfonamides is 1. The van der Waals surface area contributed by atoms with Gasteiger partial charge in [-0.1, -0.05) is 17.7 Å². The fourth-order valence-electron chi connectivity index (χ4n) is 1.38. The fourth-order valence-corrected chi connectivity index (χ4v) is 3.98. The minimum Gasteiger partial charge on any atom is -0.275 e. The summed E-state index contributed by atoms with van der Waals surface area (Å²) in [6.45, 7) is 0. The normalized spacial score (nSPS) is 11.4. The minimum atomic E-state index is -4.06. The third kappa shape index (κ3) is 3.30. The number of hydrogen-bond donors (Lipinski definition) is 1. The maximum absolute atomic E-state index is 13.7. The number of benzene rings is 1. The Hall–Kier alpha value is -0.700. The summed E-state index contributed by atoms with van der Waals surface area (Å²) >= 11 is 12.0. The lowest BCUT2D eigenvalue weighted by molar-refractivity contribution is 0.598. The quantitative estimate of drug-likeness (QED) is 0.722. The summed E-state index contributed by atoms with van der Waals surface area (Å²) in [6, 6.07) is 5.39. The Kier molecular flexibility index (Phi) is 4.68. The minimum absolute atomic E-state index is 0.191. The molecule has 0 saturated carbocycles. The second-order valence-electron chi connectivity index (χ2n) is 3.64. The number of rotatable bonds is 3. The molecule has 0 aliphatic heterocycles. The van der Waals surface area contributed by atoms with Gasteiger partial charge in [0, 0.05) is 15.1 Å². The summed E-state index contributed by atoms with van der Waals surface area (Å²) < 4.78 is 41.0. The largest absolute Gasteiger partial charge is 0.275 e. The Morgan fingerprint density at radius 3 is 2.65 bits per heavy atom. The van der Waals surface area contributed by atoms with E-state index in [0.717, 1.165) is 6.07 Å². The second-order valence-corrected chi connectivity index (χ2v) is 7.42. The third-order valence-electron chi connectivity index (χ3n) is 2.26.